The van der Waals surface area contributed by atoms with Gasteiger partial charge in [-0.1, -0.05) is 41.4 Å². The smallest absolute Gasteiger partial charge is 0.247 e. The summed E-state index contributed by atoms with van der Waals surface area (Å²) < 4.78 is 1.44. The van der Waals surface area contributed by atoms with Crippen LogP contribution in [0.4, 0.5) is 5.82 Å². The van der Waals surface area contributed by atoms with E-state index in [0.717, 1.165) is 11.1 Å². The zero-order chi connectivity index (χ0) is 16.2. The molecule has 0 aliphatic carbocycles. The summed E-state index contributed by atoms with van der Waals surface area (Å²) >= 11 is 5.76. The molecule has 0 radical (unpaired) electrons. The number of carbonyl (C=O) groups is 1. The summed E-state index contributed by atoms with van der Waals surface area (Å²) in [6.07, 6.45) is 1.46. The maximum absolute atomic E-state index is 12.1. The van der Waals surface area contributed by atoms with Crippen molar-refractivity contribution in [3.63, 3.8) is 0 Å². The molecule has 116 valence electrons. The number of rotatable bonds is 4. The SMILES string of the molecule is Cc1ccc(-c2nnnn2CC(=O)Nc2ccc(Cl)cn2)cc1. The van der Waals surface area contributed by atoms with E-state index in [4.69, 9.17) is 11.6 Å². The summed E-state index contributed by atoms with van der Waals surface area (Å²) in [5.74, 6) is 0.675. The van der Waals surface area contributed by atoms with Crippen molar-refractivity contribution in [2.75, 3.05) is 5.32 Å². The summed E-state index contributed by atoms with van der Waals surface area (Å²) in [6, 6.07) is 11.0. The molecule has 0 fully saturated rings. The largest absolute Gasteiger partial charge is 0.309 e. The molecule has 3 aromatic rings. The van der Waals surface area contributed by atoms with E-state index in [0.29, 0.717) is 16.7 Å². The van der Waals surface area contributed by atoms with Crippen LogP contribution in [0.2, 0.25) is 5.02 Å². The highest BCUT2D eigenvalue weighted by molar-refractivity contribution is 6.30. The molecule has 8 heteroatoms. The summed E-state index contributed by atoms with van der Waals surface area (Å²) in [7, 11) is 0. The second kappa shape index (κ2) is 6.53. The Kier molecular flexibility index (Phi) is 4.29. The normalized spacial score (nSPS) is 10.5. The summed E-state index contributed by atoms with van der Waals surface area (Å²) in [5.41, 5.74) is 1.98. The first-order valence-electron chi connectivity index (χ1n) is 6.86. The Morgan fingerprint density at radius 3 is 2.70 bits per heavy atom. The second-order valence-corrected chi connectivity index (χ2v) is 5.37. The molecular formula is C15H13ClN6O. The molecule has 0 unspecified atom stereocenters. The number of aromatic nitrogens is 5. The first-order valence-corrected chi connectivity index (χ1v) is 7.24. The minimum absolute atomic E-state index is 0.0134. The first kappa shape index (κ1) is 15.1. The van der Waals surface area contributed by atoms with Crippen LogP contribution < -0.4 is 5.32 Å². The maximum Gasteiger partial charge on any atom is 0.247 e. The lowest BCUT2D eigenvalue weighted by atomic mass is 10.1. The number of amides is 1. The van der Waals surface area contributed by atoms with Crippen LogP contribution in [0.3, 0.4) is 0 Å². The second-order valence-electron chi connectivity index (χ2n) is 4.94. The van der Waals surface area contributed by atoms with Gasteiger partial charge in [-0.05, 0) is 29.5 Å². The first-order chi connectivity index (χ1) is 11.1. The quantitative estimate of drug-likeness (QED) is 0.794. The van der Waals surface area contributed by atoms with Gasteiger partial charge in [-0.2, -0.15) is 0 Å². The number of benzene rings is 1. The fraction of sp³-hybridized carbons (Fsp3) is 0.133. The van der Waals surface area contributed by atoms with E-state index < -0.39 is 0 Å². The van der Waals surface area contributed by atoms with E-state index in [2.05, 4.69) is 25.8 Å². The van der Waals surface area contributed by atoms with Gasteiger partial charge in [-0.25, -0.2) is 9.67 Å². The number of anilines is 1. The summed E-state index contributed by atoms with van der Waals surface area (Å²) in [5, 5.41) is 14.7. The van der Waals surface area contributed by atoms with Crippen molar-refractivity contribution in [1.82, 2.24) is 25.2 Å². The van der Waals surface area contributed by atoms with Crippen molar-refractivity contribution in [2.24, 2.45) is 0 Å². The lowest BCUT2D eigenvalue weighted by Gasteiger charge is -2.06. The van der Waals surface area contributed by atoms with Crippen LogP contribution in [-0.4, -0.2) is 31.1 Å². The molecule has 1 amide bonds. The average molecular weight is 329 g/mol. The van der Waals surface area contributed by atoms with Gasteiger partial charge >= 0.3 is 0 Å². The highest BCUT2D eigenvalue weighted by atomic mass is 35.5. The van der Waals surface area contributed by atoms with Gasteiger partial charge in [0, 0.05) is 11.8 Å². The molecule has 0 atom stereocenters. The Labute approximate surface area is 137 Å². The van der Waals surface area contributed by atoms with Crippen LogP contribution in [0.25, 0.3) is 11.4 Å². The molecule has 1 N–H and O–H groups in total. The minimum atomic E-state index is -0.277. The Morgan fingerprint density at radius 2 is 2.00 bits per heavy atom. The molecule has 3 rings (SSSR count). The molecule has 2 aromatic heterocycles. The van der Waals surface area contributed by atoms with E-state index in [-0.39, 0.29) is 12.5 Å². The number of nitrogens with one attached hydrogen (secondary N) is 1. The fourth-order valence-electron chi connectivity index (χ4n) is 1.99. The lowest BCUT2D eigenvalue weighted by molar-refractivity contribution is -0.116. The van der Waals surface area contributed by atoms with Crippen LogP contribution in [0.1, 0.15) is 5.56 Å². The topological polar surface area (TPSA) is 85.6 Å². The Balaban J connectivity index is 1.73. The summed E-state index contributed by atoms with van der Waals surface area (Å²) in [4.78, 5) is 16.1. The number of hydrogen-bond donors (Lipinski definition) is 1. The Morgan fingerprint density at radius 1 is 1.22 bits per heavy atom. The number of hydrogen-bond acceptors (Lipinski definition) is 5. The predicted octanol–water partition coefficient (Wildman–Crippen LogP) is 2.34. The third-order valence-corrected chi connectivity index (χ3v) is 3.35. The maximum atomic E-state index is 12.1. The molecule has 2 heterocycles. The molecule has 0 aliphatic rings. The van der Waals surface area contributed by atoms with E-state index in [1.165, 1.54) is 10.9 Å². The third-order valence-electron chi connectivity index (χ3n) is 3.13. The number of aryl methyl sites for hydroxylation is 1. The van der Waals surface area contributed by atoms with Crippen molar-refractivity contribution in [3.05, 3.63) is 53.2 Å². The number of halogens is 1. The standard InChI is InChI=1S/C15H13ClN6O/c1-10-2-4-11(5-3-10)15-19-20-21-22(15)9-14(23)18-13-7-6-12(16)8-17-13/h2-8H,9H2,1H3,(H,17,18,23). The van der Waals surface area contributed by atoms with Gasteiger partial charge in [0.2, 0.25) is 5.91 Å². The molecule has 0 spiro atoms. The average Bonchev–Trinajstić information content (AvgIpc) is 2.98. The van der Waals surface area contributed by atoms with E-state index >= 15 is 0 Å². The monoisotopic (exact) mass is 328 g/mol. The van der Waals surface area contributed by atoms with E-state index in [9.17, 15) is 4.79 Å². The van der Waals surface area contributed by atoms with Crippen molar-refractivity contribution >= 4 is 23.3 Å². The fourth-order valence-corrected chi connectivity index (χ4v) is 2.10. The Bertz CT molecular complexity index is 813. The van der Waals surface area contributed by atoms with Crippen LogP contribution in [0, 0.1) is 6.92 Å². The lowest BCUT2D eigenvalue weighted by Crippen LogP contribution is -2.20. The van der Waals surface area contributed by atoms with E-state index in [1.54, 1.807) is 12.1 Å². The molecular weight excluding hydrogens is 316 g/mol. The number of nitrogens with zero attached hydrogens (tertiary/aromatic N) is 5. The van der Waals surface area contributed by atoms with Crippen molar-refractivity contribution in [3.8, 4) is 11.4 Å². The number of pyridine rings is 1. The van der Waals surface area contributed by atoms with Crippen molar-refractivity contribution in [1.29, 1.82) is 0 Å². The zero-order valence-electron chi connectivity index (χ0n) is 12.3. The molecule has 0 aliphatic heterocycles. The molecule has 0 saturated heterocycles. The predicted molar refractivity (Wildman–Crippen MR) is 85.9 cm³/mol. The van der Waals surface area contributed by atoms with Crippen LogP contribution in [0.5, 0.6) is 0 Å². The van der Waals surface area contributed by atoms with Crippen LogP contribution >= 0.6 is 11.6 Å². The number of carbonyl (C=O) groups excluding carboxylic acids is 1. The highest BCUT2D eigenvalue weighted by Gasteiger charge is 2.12. The van der Waals surface area contributed by atoms with E-state index in [1.807, 2.05) is 31.2 Å². The molecule has 23 heavy (non-hydrogen) atoms. The molecule has 1 aromatic carbocycles. The molecule has 7 nitrogen and oxygen atoms in total. The molecule has 0 saturated carbocycles. The van der Waals surface area contributed by atoms with Gasteiger partial charge in [0.1, 0.15) is 12.4 Å². The van der Waals surface area contributed by atoms with Crippen molar-refractivity contribution < 1.29 is 4.79 Å². The Hall–Kier alpha value is -2.80. The van der Waals surface area contributed by atoms with Crippen molar-refractivity contribution in [2.45, 2.75) is 13.5 Å². The third kappa shape index (κ3) is 3.70. The van der Waals surface area contributed by atoms with Gasteiger partial charge in [-0.3, -0.25) is 4.79 Å². The van der Waals surface area contributed by atoms with Gasteiger partial charge in [0.25, 0.3) is 0 Å². The van der Waals surface area contributed by atoms with Gasteiger partial charge in [0.15, 0.2) is 5.82 Å². The minimum Gasteiger partial charge on any atom is -0.309 e. The van der Waals surface area contributed by atoms with Gasteiger partial charge in [0.05, 0.1) is 5.02 Å². The van der Waals surface area contributed by atoms with Crippen LogP contribution in [-0.2, 0) is 11.3 Å². The molecule has 0 bridgehead atoms. The highest BCUT2D eigenvalue weighted by Crippen LogP contribution is 2.16. The van der Waals surface area contributed by atoms with Gasteiger partial charge < -0.3 is 5.32 Å². The zero-order valence-corrected chi connectivity index (χ0v) is 13.0. The van der Waals surface area contributed by atoms with Crippen LogP contribution in [0.15, 0.2) is 42.6 Å². The summed E-state index contributed by atoms with van der Waals surface area (Å²) in [6.45, 7) is 1.99. The number of tetrazole rings is 1. The van der Waals surface area contributed by atoms with Gasteiger partial charge in [-0.15, -0.1) is 5.10 Å².